The summed E-state index contributed by atoms with van der Waals surface area (Å²) in [5.74, 6) is 2.09. The number of benzene rings is 2. The van der Waals surface area contributed by atoms with Gasteiger partial charge in [0.1, 0.15) is 5.75 Å². The minimum Gasteiger partial charge on any atom is -0.497 e. The van der Waals surface area contributed by atoms with Gasteiger partial charge in [0.05, 0.1) is 19.3 Å². The Morgan fingerprint density at radius 3 is 2.74 bits per heavy atom. The van der Waals surface area contributed by atoms with Gasteiger partial charge in [-0.2, -0.15) is 0 Å². The second-order valence-electron chi connectivity index (χ2n) is 6.68. The van der Waals surface area contributed by atoms with Crippen LogP contribution in [0.3, 0.4) is 0 Å². The number of carbonyl (C=O) groups is 1. The van der Waals surface area contributed by atoms with Crippen LogP contribution in [-0.2, 0) is 6.54 Å². The van der Waals surface area contributed by atoms with E-state index in [0.717, 1.165) is 17.1 Å². The molecule has 2 aliphatic rings. The highest BCUT2D eigenvalue weighted by molar-refractivity contribution is 5.94. The fraction of sp³-hybridized carbons (Fsp3) is 0.350. The first-order valence-electron chi connectivity index (χ1n) is 8.87. The molecule has 7 nitrogen and oxygen atoms in total. The Kier molecular flexibility index (Phi) is 4.87. The number of ether oxygens (including phenoxy) is 3. The van der Waals surface area contributed by atoms with Crippen molar-refractivity contribution >= 4 is 5.91 Å². The van der Waals surface area contributed by atoms with Crippen LogP contribution < -0.4 is 19.5 Å². The number of carbonyl (C=O) groups excluding carboxylic acids is 1. The van der Waals surface area contributed by atoms with Gasteiger partial charge >= 0.3 is 0 Å². The van der Waals surface area contributed by atoms with Gasteiger partial charge in [0.2, 0.25) is 6.79 Å². The van der Waals surface area contributed by atoms with Crippen molar-refractivity contribution in [2.75, 3.05) is 27.0 Å². The van der Waals surface area contributed by atoms with E-state index in [-0.39, 0.29) is 18.7 Å². The molecule has 1 amide bonds. The maximum absolute atomic E-state index is 12.7. The van der Waals surface area contributed by atoms with E-state index in [4.69, 9.17) is 14.2 Å². The van der Waals surface area contributed by atoms with E-state index in [1.54, 1.807) is 36.3 Å². The van der Waals surface area contributed by atoms with Gasteiger partial charge in [-0.3, -0.25) is 4.79 Å². The van der Waals surface area contributed by atoms with E-state index in [1.165, 1.54) is 0 Å². The van der Waals surface area contributed by atoms with Crippen LogP contribution in [0.4, 0.5) is 0 Å². The van der Waals surface area contributed by atoms with Crippen LogP contribution in [0, 0.1) is 0 Å². The molecule has 4 rings (SSSR count). The summed E-state index contributed by atoms with van der Waals surface area (Å²) in [4.78, 5) is 14.3. The Balaban J connectivity index is 1.35. The first-order chi connectivity index (χ1) is 13.1. The number of nitrogens with zero attached hydrogens (tertiary/aromatic N) is 1. The van der Waals surface area contributed by atoms with Crippen molar-refractivity contribution in [1.29, 1.82) is 0 Å². The fourth-order valence-electron chi connectivity index (χ4n) is 3.37. The van der Waals surface area contributed by atoms with Crippen LogP contribution in [0.1, 0.15) is 15.9 Å². The number of hydrogen-bond acceptors (Lipinski definition) is 6. The maximum atomic E-state index is 12.7. The van der Waals surface area contributed by atoms with Crippen LogP contribution in [0.2, 0.25) is 0 Å². The Hall–Kier alpha value is -2.77. The van der Waals surface area contributed by atoms with Crippen molar-refractivity contribution in [2.24, 2.45) is 0 Å². The topological polar surface area (TPSA) is 80.3 Å². The number of hydrogen-bond donors (Lipinski definition) is 2. The molecule has 1 saturated heterocycles. The predicted octanol–water partition coefficient (Wildman–Crippen LogP) is 1.40. The maximum Gasteiger partial charge on any atom is 0.254 e. The molecule has 0 bridgehead atoms. The minimum atomic E-state index is -0.610. The highest BCUT2D eigenvalue weighted by atomic mass is 16.7. The lowest BCUT2D eigenvalue weighted by Crippen LogP contribution is -2.39. The van der Waals surface area contributed by atoms with Gasteiger partial charge in [-0.15, -0.1) is 0 Å². The van der Waals surface area contributed by atoms with Gasteiger partial charge in [0, 0.05) is 25.2 Å². The molecule has 2 aliphatic heterocycles. The van der Waals surface area contributed by atoms with Crippen molar-refractivity contribution < 1.29 is 24.1 Å². The SMILES string of the molecule is COc1ccc(C(=O)N2C[C@@H](O)[C@H](NCc3ccc4c(c3)OCO4)C2)cc1. The van der Waals surface area contributed by atoms with E-state index in [2.05, 4.69) is 5.32 Å². The zero-order valence-electron chi connectivity index (χ0n) is 15.1. The first kappa shape index (κ1) is 17.6. The molecule has 0 aromatic heterocycles. The average molecular weight is 370 g/mol. The van der Waals surface area contributed by atoms with E-state index in [1.807, 2.05) is 18.2 Å². The summed E-state index contributed by atoms with van der Waals surface area (Å²) in [6, 6.07) is 12.6. The Morgan fingerprint density at radius 1 is 1.19 bits per heavy atom. The normalized spacial score (nSPS) is 20.7. The zero-order chi connectivity index (χ0) is 18.8. The van der Waals surface area contributed by atoms with Gasteiger partial charge in [-0.05, 0) is 42.0 Å². The molecule has 27 heavy (non-hydrogen) atoms. The summed E-state index contributed by atoms with van der Waals surface area (Å²) in [6.07, 6.45) is -0.610. The first-order valence-corrected chi connectivity index (χ1v) is 8.87. The van der Waals surface area contributed by atoms with E-state index in [9.17, 15) is 9.90 Å². The molecular formula is C20H22N2O5. The van der Waals surface area contributed by atoms with Crippen molar-refractivity contribution in [2.45, 2.75) is 18.7 Å². The Labute approximate surface area is 157 Å². The van der Waals surface area contributed by atoms with E-state index in [0.29, 0.717) is 30.9 Å². The summed E-state index contributed by atoms with van der Waals surface area (Å²) in [7, 11) is 1.59. The predicted molar refractivity (Wildman–Crippen MR) is 98.1 cm³/mol. The van der Waals surface area contributed by atoms with Gasteiger partial charge in [-0.1, -0.05) is 6.07 Å². The van der Waals surface area contributed by atoms with Crippen LogP contribution >= 0.6 is 0 Å². The summed E-state index contributed by atoms with van der Waals surface area (Å²) >= 11 is 0. The second kappa shape index (κ2) is 7.46. The molecule has 2 aromatic carbocycles. The van der Waals surface area contributed by atoms with E-state index >= 15 is 0 Å². The molecule has 142 valence electrons. The number of aliphatic hydroxyl groups excluding tert-OH is 1. The molecular weight excluding hydrogens is 348 g/mol. The summed E-state index contributed by atoms with van der Waals surface area (Å²) in [5, 5.41) is 13.7. The molecule has 2 aromatic rings. The van der Waals surface area contributed by atoms with Gasteiger partial charge in [-0.25, -0.2) is 0 Å². The smallest absolute Gasteiger partial charge is 0.254 e. The van der Waals surface area contributed by atoms with Gasteiger partial charge in [0.25, 0.3) is 5.91 Å². The van der Waals surface area contributed by atoms with Crippen LogP contribution in [0.25, 0.3) is 0 Å². The van der Waals surface area contributed by atoms with Crippen LogP contribution in [-0.4, -0.2) is 55.1 Å². The Bertz CT molecular complexity index is 824. The van der Waals surface area contributed by atoms with Gasteiger partial charge in [0.15, 0.2) is 11.5 Å². The van der Waals surface area contributed by atoms with Crippen molar-refractivity contribution in [1.82, 2.24) is 10.2 Å². The monoisotopic (exact) mass is 370 g/mol. The number of methoxy groups -OCH3 is 1. The number of amides is 1. The number of nitrogens with one attached hydrogen (secondary N) is 1. The molecule has 0 radical (unpaired) electrons. The lowest BCUT2D eigenvalue weighted by atomic mass is 10.1. The van der Waals surface area contributed by atoms with Crippen molar-refractivity contribution in [3.63, 3.8) is 0 Å². The highest BCUT2D eigenvalue weighted by Crippen LogP contribution is 2.32. The molecule has 2 atom stereocenters. The third-order valence-corrected chi connectivity index (χ3v) is 4.92. The van der Waals surface area contributed by atoms with Crippen molar-refractivity contribution in [3.8, 4) is 17.2 Å². The third-order valence-electron chi connectivity index (χ3n) is 4.92. The van der Waals surface area contributed by atoms with Crippen LogP contribution in [0.5, 0.6) is 17.2 Å². The third kappa shape index (κ3) is 3.70. The largest absolute Gasteiger partial charge is 0.497 e. The number of likely N-dealkylation sites (tertiary alicyclic amines) is 1. The molecule has 0 aliphatic carbocycles. The molecule has 1 fully saturated rings. The van der Waals surface area contributed by atoms with Gasteiger partial charge < -0.3 is 29.5 Å². The number of β-amino-alcohol motifs (C(OH)–C–C–N with tert-alkyl or cyclic N) is 1. The number of rotatable bonds is 5. The molecule has 7 heteroatoms. The summed E-state index contributed by atoms with van der Waals surface area (Å²) < 4.78 is 15.8. The molecule has 0 unspecified atom stereocenters. The minimum absolute atomic E-state index is 0.0934. The second-order valence-corrected chi connectivity index (χ2v) is 6.68. The number of fused-ring (bicyclic) bond motifs is 1. The summed E-state index contributed by atoms with van der Waals surface area (Å²) in [5.41, 5.74) is 1.62. The highest BCUT2D eigenvalue weighted by Gasteiger charge is 2.34. The van der Waals surface area contributed by atoms with E-state index < -0.39 is 6.10 Å². The lowest BCUT2D eigenvalue weighted by molar-refractivity contribution is 0.0765. The van der Waals surface area contributed by atoms with Crippen molar-refractivity contribution in [3.05, 3.63) is 53.6 Å². The lowest BCUT2D eigenvalue weighted by Gasteiger charge is -2.17. The molecule has 2 heterocycles. The molecule has 0 spiro atoms. The molecule has 0 saturated carbocycles. The fourth-order valence-corrected chi connectivity index (χ4v) is 3.37. The summed E-state index contributed by atoms with van der Waals surface area (Å²) in [6.45, 7) is 1.58. The Morgan fingerprint density at radius 2 is 1.96 bits per heavy atom. The average Bonchev–Trinajstić information content (AvgIpc) is 3.31. The standard InChI is InChI=1S/C20H22N2O5/c1-25-15-5-3-14(4-6-15)20(24)22-10-16(17(23)11-22)21-9-13-2-7-18-19(8-13)27-12-26-18/h2-8,16-17,21,23H,9-12H2,1H3/t16-,17-/m1/s1. The quantitative estimate of drug-likeness (QED) is 0.828. The number of aliphatic hydroxyl groups is 1. The molecule has 2 N–H and O–H groups in total. The van der Waals surface area contributed by atoms with Crippen LogP contribution in [0.15, 0.2) is 42.5 Å². The zero-order valence-corrected chi connectivity index (χ0v) is 15.1.